The molecule has 100 valence electrons. The Labute approximate surface area is 118 Å². The lowest BCUT2D eigenvalue weighted by molar-refractivity contribution is 0.404. The third-order valence-corrected chi connectivity index (χ3v) is 3.26. The van der Waals surface area contributed by atoms with E-state index >= 15 is 0 Å². The van der Waals surface area contributed by atoms with Gasteiger partial charge in [0.25, 0.3) is 0 Å². The zero-order chi connectivity index (χ0) is 13.7. The SMILES string of the molecule is COc1ccc(Cl)cc1C(N)CCc1ccccn1. The number of hydrogen-bond donors (Lipinski definition) is 1. The van der Waals surface area contributed by atoms with Crippen LogP contribution in [0.4, 0.5) is 0 Å². The predicted molar refractivity (Wildman–Crippen MR) is 77.5 cm³/mol. The second-order valence-corrected chi connectivity index (χ2v) is 4.79. The number of hydrogen-bond acceptors (Lipinski definition) is 3. The highest BCUT2D eigenvalue weighted by molar-refractivity contribution is 6.30. The summed E-state index contributed by atoms with van der Waals surface area (Å²) in [5.41, 5.74) is 8.20. The van der Waals surface area contributed by atoms with Gasteiger partial charge in [0.2, 0.25) is 0 Å². The van der Waals surface area contributed by atoms with Gasteiger partial charge in [0.15, 0.2) is 0 Å². The standard InChI is InChI=1S/C15H17ClN2O/c1-19-15-8-5-11(16)10-13(15)14(17)7-6-12-4-2-3-9-18-12/h2-5,8-10,14H,6-7,17H2,1H3. The van der Waals surface area contributed by atoms with Crippen LogP contribution in [0.2, 0.25) is 5.02 Å². The first-order valence-corrected chi connectivity index (χ1v) is 6.57. The van der Waals surface area contributed by atoms with Crippen LogP contribution in [-0.2, 0) is 6.42 Å². The van der Waals surface area contributed by atoms with Gasteiger partial charge in [0.1, 0.15) is 5.75 Å². The maximum Gasteiger partial charge on any atom is 0.123 e. The first-order valence-electron chi connectivity index (χ1n) is 6.19. The molecule has 0 aliphatic carbocycles. The molecule has 0 bridgehead atoms. The number of methoxy groups -OCH3 is 1. The molecule has 0 aliphatic heterocycles. The second kappa shape index (κ2) is 6.55. The van der Waals surface area contributed by atoms with Crippen molar-refractivity contribution in [2.45, 2.75) is 18.9 Å². The van der Waals surface area contributed by atoms with Gasteiger partial charge in [-0.15, -0.1) is 0 Å². The highest BCUT2D eigenvalue weighted by Gasteiger charge is 2.12. The quantitative estimate of drug-likeness (QED) is 0.911. The molecule has 2 aromatic rings. The Morgan fingerprint density at radius 3 is 2.84 bits per heavy atom. The van der Waals surface area contributed by atoms with Crippen LogP contribution in [0, 0.1) is 0 Å². The van der Waals surface area contributed by atoms with E-state index in [1.807, 2.05) is 30.3 Å². The van der Waals surface area contributed by atoms with Crippen molar-refractivity contribution < 1.29 is 4.74 Å². The van der Waals surface area contributed by atoms with Crippen LogP contribution in [0.5, 0.6) is 5.75 Å². The van der Waals surface area contributed by atoms with Crippen molar-refractivity contribution >= 4 is 11.6 Å². The lowest BCUT2D eigenvalue weighted by Gasteiger charge is -2.15. The largest absolute Gasteiger partial charge is 0.496 e. The number of aryl methyl sites for hydroxylation is 1. The Kier molecular flexibility index (Phi) is 4.77. The van der Waals surface area contributed by atoms with Gasteiger partial charge < -0.3 is 10.5 Å². The molecule has 1 unspecified atom stereocenters. The Bertz CT molecular complexity index is 531. The number of ether oxygens (including phenoxy) is 1. The summed E-state index contributed by atoms with van der Waals surface area (Å²) in [6.07, 6.45) is 3.42. The Morgan fingerprint density at radius 1 is 1.32 bits per heavy atom. The van der Waals surface area contributed by atoms with E-state index in [4.69, 9.17) is 22.1 Å². The molecule has 0 spiro atoms. The fourth-order valence-electron chi connectivity index (χ4n) is 2.00. The summed E-state index contributed by atoms with van der Waals surface area (Å²) in [6.45, 7) is 0. The molecule has 0 amide bonds. The van der Waals surface area contributed by atoms with Crippen LogP contribution in [0.15, 0.2) is 42.6 Å². The van der Waals surface area contributed by atoms with E-state index in [1.165, 1.54) is 0 Å². The molecule has 4 heteroatoms. The normalized spacial score (nSPS) is 12.2. The Hall–Kier alpha value is -1.58. The number of benzene rings is 1. The summed E-state index contributed by atoms with van der Waals surface area (Å²) in [6, 6.07) is 11.3. The fourth-order valence-corrected chi connectivity index (χ4v) is 2.18. The van der Waals surface area contributed by atoms with Crippen molar-refractivity contribution in [3.8, 4) is 5.75 Å². The average Bonchev–Trinajstić information content (AvgIpc) is 2.46. The fraction of sp³-hybridized carbons (Fsp3) is 0.267. The van der Waals surface area contributed by atoms with E-state index in [9.17, 15) is 0 Å². The van der Waals surface area contributed by atoms with E-state index in [0.717, 1.165) is 29.8 Å². The van der Waals surface area contributed by atoms with Crippen molar-refractivity contribution in [1.82, 2.24) is 4.98 Å². The van der Waals surface area contributed by atoms with E-state index in [2.05, 4.69) is 4.98 Å². The van der Waals surface area contributed by atoms with Crippen LogP contribution in [0.25, 0.3) is 0 Å². The van der Waals surface area contributed by atoms with Crippen molar-refractivity contribution in [2.75, 3.05) is 7.11 Å². The lowest BCUT2D eigenvalue weighted by atomic mass is 10.0. The minimum atomic E-state index is -0.115. The van der Waals surface area contributed by atoms with Crippen LogP contribution in [0.3, 0.4) is 0 Å². The molecule has 0 saturated carbocycles. The predicted octanol–water partition coefficient (Wildman–Crippen LogP) is 3.38. The third-order valence-electron chi connectivity index (χ3n) is 3.03. The number of aromatic nitrogens is 1. The minimum absolute atomic E-state index is 0.115. The van der Waals surface area contributed by atoms with Crippen molar-refractivity contribution in [1.29, 1.82) is 0 Å². The highest BCUT2D eigenvalue weighted by Crippen LogP contribution is 2.29. The summed E-state index contributed by atoms with van der Waals surface area (Å²) in [7, 11) is 1.64. The van der Waals surface area contributed by atoms with Crippen molar-refractivity contribution in [3.63, 3.8) is 0 Å². The van der Waals surface area contributed by atoms with Gasteiger partial charge in [-0.25, -0.2) is 0 Å². The van der Waals surface area contributed by atoms with Gasteiger partial charge in [-0.05, 0) is 43.2 Å². The van der Waals surface area contributed by atoms with E-state index in [1.54, 1.807) is 19.4 Å². The molecule has 0 fully saturated rings. The Balaban J connectivity index is 2.07. The molecule has 1 aromatic carbocycles. The summed E-state index contributed by atoms with van der Waals surface area (Å²) in [4.78, 5) is 4.29. The highest BCUT2D eigenvalue weighted by atomic mass is 35.5. The van der Waals surface area contributed by atoms with E-state index in [0.29, 0.717) is 5.02 Å². The number of halogens is 1. The molecule has 2 N–H and O–H groups in total. The summed E-state index contributed by atoms with van der Waals surface area (Å²) in [5, 5.41) is 0.670. The van der Waals surface area contributed by atoms with Crippen LogP contribution < -0.4 is 10.5 Å². The molecule has 0 aliphatic rings. The average molecular weight is 277 g/mol. The minimum Gasteiger partial charge on any atom is -0.496 e. The molecule has 1 atom stereocenters. The molecular formula is C15H17ClN2O. The van der Waals surface area contributed by atoms with Crippen LogP contribution in [0.1, 0.15) is 23.7 Å². The topological polar surface area (TPSA) is 48.1 Å². The van der Waals surface area contributed by atoms with Gasteiger partial charge in [-0.3, -0.25) is 4.98 Å². The lowest BCUT2D eigenvalue weighted by Crippen LogP contribution is -2.13. The number of rotatable bonds is 5. The van der Waals surface area contributed by atoms with Crippen LogP contribution in [-0.4, -0.2) is 12.1 Å². The Morgan fingerprint density at radius 2 is 2.16 bits per heavy atom. The maximum absolute atomic E-state index is 6.22. The molecule has 1 aromatic heterocycles. The third kappa shape index (κ3) is 3.69. The summed E-state index contributed by atoms with van der Waals surface area (Å²) in [5.74, 6) is 0.776. The van der Waals surface area contributed by atoms with Gasteiger partial charge in [0.05, 0.1) is 7.11 Å². The molecule has 3 nitrogen and oxygen atoms in total. The zero-order valence-electron chi connectivity index (χ0n) is 10.8. The van der Waals surface area contributed by atoms with Gasteiger partial charge >= 0.3 is 0 Å². The molecule has 19 heavy (non-hydrogen) atoms. The molecular weight excluding hydrogens is 260 g/mol. The van der Waals surface area contributed by atoms with Crippen LogP contribution >= 0.6 is 11.6 Å². The molecule has 0 saturated heterocycles. The zero-order valence-corrected chi connectivity index (χ0v) is 11.6. The van der Waals surface area contributed by atoms with Gasteiger partial charge in [-0.2, -0.15) is 0 Å². The first-order chi connectivity index (χ1) is 9.20. The van der Waals surface area contributed by atoms with Gasteiger partial charge in [-0.1, -0.05) is 17.7 Å². The monoisotopic (exact) mass is 276 g/mol. The second-order valence-electron chi connectivity index (χ2n) is 4.35. The number of pyridine rings is 1. The van der Waals surface area contributed by atoms with E-state index < -0.39 is 0 Å². The van der Waals surface area contributed by atoms with Crippen molar-refractivity contribution in [2.24, 2.45) is 5.73 Å². The van der Waals surface area contributed by atoms with E-state index in [-0.39, 0.29) is 6.04 Å². The van der Waals surface area contributed by atoms with Crippen molar-refractivity contribution in [3.05, 3.63) is 58.9 Å². The van der Waals surface area contributed by atoms with Gasteiger partial charge in [0, 0.05) is 28.5 Å². The molecule has 1 heterocycles. The first kappa shape index (κ1) is 13.8. The smallest absolute Gasteiger partial charge is 0.123 e. The molecule has 0 radical (unpaired) electrons. The number of nitrogens with two attached hydrogens (primary N) is 1. The maximum atomic E-state index is 6.22. The number of nitrogens with zero attached hydrogens (tertiary/aromatic N) is 1. The summed E-state index contributed by atoms with van der Waals surface area (Å²) >= 11 is 6.01. The molecule has 2 rings (SSSR count). The summed E-state index contributed by atoms with van der Waals surface area (Å²) < 4.78 is 5.32.